The van der Waals surface area contributed by atoms with Crippen molar-refractivity contribution in [1.82, 2.24) is 0 Å². The number of unbranched alkanes of at least 4 members (excludes halogenated alkanes) is 4. The zero-order chi connectivity index (χ0) is 10.1. The van der Waals surface area contributed by atoms with Crippen LogP contribution in [0.1, 0.15) is 44.9 Å². The van der Waals surface area contributed by atoms with Gasteiger partial charge in [-0.1, -0.05) is 19.3 Å². The van der Waals surface area contributed by atoms with Crippen molar-refractivity contribution in [2.24, 2.45) is 0 Å². The predicted octanol–water partition coefficient (Wildman–Crippen LogP) is 1.12. The average molecular weight is 234 g/mol. The van der Waals surface area contributed by atoms with Crippen LogP contribution in [0.5, 0.6) is 0 Å². The van der Waals surface area contributed by atoms with Crippen LogP contribution < -0.4 is 0 Å². The van der Waals surface area contributed by atoms with Crippen molar-refractivity contribution in [3.8, 4) is 0 Å². The minimum atomic E-state index is -0.759. The van der Waals surface area contributed by atoms with Crippen molar-refractivity contribution in [3.63, 3.8) is 0 Å². The molecule has 0 aliphatic rings. The molecule has 6 heteroatoms. The van der Waals surface area contributed by atoms with E-state index in [4.69, 9.17) is 10.2 Å². The first-order chi connectivity index (χ1) is 6.13. The number of aliphatic carboxylic acids is 2. The van der Waals surface area contributed by atoms with E-state index < -0.39 is 11.9 Å². The molecule has 78 valence electrons. The Morgan fingerprint density at radius 1 is 0.667 bits per heavy atom. The molecule has 2 N–H and O–H groups in total. The van der Waals surface area contributed by atoms with Gasteiger partial charge in [-0.3, -0.25) is 9.59 Å². The van der Waals surface area contributed by atoms with Crippen molar-refractivity contribution in [2.75, 3.05) is 0 Å². The van der Waals surface area contributed by atoms with Crippen molar-refractivity contribution < 1.29 is 19.8 Å². The Balaban J connectivity index is -0.000000720. The van der Waals surface area contributed by atoms with Crippen molar-refractivity contribution in [3.05, 3.63) is 0 Å². The normalized spacial score (nSPS) is 8.53. The first kappa shape index (κ1) is 21.2. The third kappa shape index (κ3) is 20.9. The fourth-order valence-corrected chi connectivity index (χ4v) is 1.08. The van der Waals surface area contributed by atoms with E-state index >= 15 is 0 Å². The maximum atomic E-state index is 10.1. The van der Waals surface area contributed by atoms with E-state index in [1.54, 1.807) is 0 Å². The molecule has 0 unspecified atom stereocenters. The van der Waals surface area contributed by atoms with Gasteiger partial charge in [0.15, 0.2) is 0 Å². The summed E-state index contributed by atoms with van der Waals surface area (Å²) < 4.78 is 0. The Morgan fingerprint density at radius 2 is 0.933 bits per heavy atom. The maximum Gasteiger partial charge on any atom is 0.303 e. The van der Waals surface area contributed by atoms with Gasteiger partial charge in [-0.2, -0.15) is 0 Å². The smallest absolute Gasteiger partial charge is 0.303 e. The SMILES string of the molecule is O=C(O)CCCCCCCC(=O)O.[Na].[Na]. The summed E-state index contributed by atoms with van der Waals surface area (Å²) in [5.74, 6) is -1.52. The summed E-state index contributed by atoms with van der Waals surface area (Å²) in [6.07, 6.45) is 4.53. The third-order valence-electron chi connectivity index (χ3n) is 1.78. The zero-order valence-electron chi connectivity index (χ0n) is 9.66. The van der Waals surface area contributed by atoms with Gasteiger partial charge in [-0.05, 0) is 12.8 Å². The monoisotopic (exact) mass is 234 g/mol. The van der Waals surface area contributed by atoms with Gasteiger partial charge < -0.3 is 10.2 Å². The second-order valence-corrected chi connectivity index (χ2v) is 3.06. The first-order valence-corrected chi connectivity index (χ1v) is 4.56. The van der Waals surface area contributed by atoms with Gasteiger partial charge in [-0.25, -0.2) is 0 Å². The summed E-state index contributed by atoms with van der Waals surface area (Å²) >= 11 is 0. The average Bonchev–Trinajstić information content (AvgIpc) is 2.01. The summed E-state index contributed by atoms with van der Waals surface area (Å²) in [6.45, 7) is 0. The van der Waals surface area contributed by atoms with Gasteiger partial charge in [0, 0.05) is 72.0 Å². The van der Waals surface area contributed by atoms with Crippen molar-refractivity contribution >= 4 is 71.1 Å². The molecule has 0 bridgehead atoms. The summed E-state index contributed by atoms with van der Waals surface area (Å²) in [5, 5.41) is 16.6. The molecule has 0 spiro atoms. The van der Waals surface area contributed by atoms with Crippen LogP contribution in [0, 0.1) is 0 Å². The minimum Gasteiger partial charge on any atom is -0.481 e. The van der Waals surface area contributed by atoms with E-state index in [-0.39, 0.29) is 72.0 Å². The Hall–Kier alpha value is 0.940. The Bertz CT molecular complexity index is 155. The molecule has 0 saturated heterocycles. The molecule has 0 atom stereocenters. The Morgan fingerprint density at radius 3 is 1.20 bits per heavy atom. The molecule has 2 radical (unpaired) electrons. The van der Waals surface area contributed by atoms with Gasteiger partial charge >= 0.3 is 11.9 Å². The van der Waals surface area contributed by atoms with E-state index in [1.807, 2.05) is 0 Å². The predicted molar refractivity (Wildman–Crippen MR) is 59.1 cm³/mol. The van der Waals surface area contributed by atoms with Gasteiger partial charge in [0.25, 0.3) is 0 Å². The quantitative estimate of drug-likeness (QED) is 0.487. The number of hydrogen-bond donors (Lipinski definition) is 2. The van der Waals surface area contributed by atoms with Crippen molar-refractivity contribution in [1.29, 1.82) is 0 Å². The van der Waals surface area contributed by atoms with Crippen LogP contribution in [0.2, 0.25) is 0 Å². The van der Waals surface area contributed by atoms with Crippen LogP contribution in [-0.4, -0.2) is 81.3 Å². The molecule has 0 fully saturated rings. The molecule has 0 aliphatic heterocycles. The number of carbonyl (C=O) groups is 2. The van der Waals surface area contributed by atoms with Gasteiger partial charge in [0.05, 0.1) is 0 Å². The molecule has 4 nitrogen and oxygen atoms in total. The van der Waals surface area contributed by atoms with E-state index in [1.165, 1.54) is 0 Å². The molecule has 0 saturated carbocycles. The Kier molecular flexibility index (Phi) is 21.2. The molecule has 15 heavy (non-hydrogen) atoms. The first-order valence-electron chi connectivity index (χ1n) is 4.56. The van der Waals surface area contributed by atoms with Crippen LogP contribution in [-0.2, 0) is 9.59 Å². The third-order valence-corrected chi connectivity index (χ3v) is 1.78. The molecule has 0 aliphatic carbocycles. The second-order valence-electron chi connectivity index (χ2n) is 3.06. The molecule has 0 aromatic heterocycles. The van der Waals surface area contributed by atoms with Gasteiger partial charge in [0.1, 0.15) is 0 Å². The topological polar surface area (TPSA) is 74.6 Å². The molecule has 0 aromatic carbocycles. The zero-order valence-corrected chi connectivity index (χ0v) is 13.7. The standard InChI is InChI=1S/C9H16O4.2Na/c10-8(11)6-4-2-1-3-5-7-9(12)13;;/h1-7H2,(H,10,11)(H,12,13);;. The summed E-state index contributed by atoms with van der Waals surface area (Å²) in [7, 11) is 0. The number of hydrogen-bond acceptors (Lipinski definition) is 2. The van der Waals surface area contributed by atoms with Crippen LogP contribution in [0.4, 0.5) is 0 Å². The second kappa shape index (κ2) is 14.9. The Labute approximate surface area is 134 Å². The van der Waals surface area contributed by atoms with Crippen LogP contribution in [0.15, 0.2) is 0 Å². The minimum absolute atomic E-state index is 0. The van der Waals surface area contributed by atoms with E-state index in [0.717, 1.165) is 19.3 Å². The molecule has 0 aromatic rings. The van der Waals surface area contributed by atoms with Crippen LogP contribution in [0.25, 0.3) is 0 Å². The number of carboxylic acid groups (broad SMARTS) is 2. The molecule has 0 rings (SSSR count). The molecule has 0 heterocycles. The number of carboxylic acids is 2. The molecular formula is C9H16Na2O4. The summed E-state index contributed by atoms with van der Waals surface area (Å²) in [5.41, 5.74) is 0. The maximum absolute atomic E-state index is 10.1. The molecular weight excluding hydrogens is 218 g/mol. The van der Waals surface area contributed by atoms with Crippen LogP contribution >= 0.6 is 0 Å². The largest absolute Gasteiger partial charge is 0.481 e. The van der Waals surface area contributed by atoms with Gasteiger partial charge in [-0.15, -0.1) is 0 Å². The van der Waals surface area contributed by atoms with Gasteiger partial charge in [0.2, 0.25) is 0 Å². The number of rotatable bonds is 8. The molecule has 0 amide bonds. The van der Waals surface area contributed by atoms with E-state index in [9.17, 15) is 9.59 Å². The van der Waals surface area contributed by atoms with E-state index in [0.29, 0.717) is 12.8 Å². The fraction of sp³-hybridized carbons (Fsp3) is 0.778. The fourth-order valence-electron chi connectivity index (χ4n) is 1.08. The van der Waals surface area contributed by atoms with Crippen LogP contribution in [0.3, 0.4) is 0 Å². The summed E-state index contributed by atoms with van der Waals surface area (Å²) in [6, 6.07) is 0. The summed E-state index contributed by atoms with van der Waals surface area (Å²) in [4.78, 5) is 20.2. The van der Waals surface area contributed by atoms with Crippen molar-refractivity contribution in [2.45, 2.75) is 44.9 Å². The van der Waals surface area contributed by atoms with E-state index in [2.05, 4.69) is 0 Å².